The summed E-state index contributed by atoms with van der Waals surface area (Å²) in [6, 6.07) is 12.3. The van der Waals surface area contributed by atoms with Crippen molar-refractivity contribution < 1.29 is 9.47 Å². The fourth-order valence-corrected chi connectivity index (χ4v) is 4.44. The van der Waals surface area contributed by atoms with Crippen molar-refractivity contribution in [1.29, 1.82) is 0 Å². The average molecular weight is 423 g/mol. The number of nitrogens with one attached hydrogen (secondary N) is 1. The number of nitrogens with two attached hydrogens (primary N) is 1. The van der Waals surface area contributed by atoms with Crippen LogP contribution < -0.4 is 15.8 Å². The van der Waals surface area contributed by atoms with E-state index < -0.39 is 0 Å². The van der Waals surface area contributed by atoms with Gasteiger partial charge in [0.05, 0.1) is 26.0 Å². The van der Waals surface area contributed by atoms with Crippen LogP contribution in [-0.2, 0) is 11.3 Å². The van der Waals surface area contributed by atoms with Crippen molar-refractivity contribution in [3.8, 4) is 5.75 Å². The number of pyridine rings is 1. The molecule has 5 rings (SSSR count). The molecule has 31 heavy (non-hydrogen) atoms. The Morgan fingerprint density at radius 2 is 1.90 bits per heavy atom. The van der Waals surface area contributed by atoms with E-state index >= 15 is 0 Å². The molecule has 164 valence electrons. The number of nitrogens with zero attached hydrogens (tertiary/aromatic N) is 4. The highest BCUT2D eigenvalue weighted by Gasteiger charge is 2.26. The standard InChI is InChI=1S/C23H30N6O2/c24-20-6-7-21(19-4-2-1-3-18(19)20)31-17-5-8-22-26-27-23(29(22)16-17)15-25-9-10-28-11-13-30-14-12-28/h1-5,8,16,20-21,25H,6-7,9-15,24H2/t20-,21+/m0/s1. The zero-order valence-corrected chi connectivity index (χ0v) is 17.7. The first-order chi connectivity index (χ1) is 15.3. The van der Waals surface area contributed by atoms with Crippen molar-refractivity contribution in [3.63, 3.8) is 0 Å². The monoisotopic (exact) mass is 422 g/mol. The molecule has 0 unspecified atom stereocenters. The van der Waals surface area contributed by atoms with Gasteiger partial charge >= 0.3 is 0 Å². The molecule has 0 saturated carbocycles. The largest absolute Gasteiger partial charge is 0.484 e. The molecule has 2 aromatic heterocycles. The van der Waals surface area contributed by atoms with E-state index in [1.807, 2.05) is 28.8 Å². The highest BCUT2D eigenvalue weighted by Crippen LogP contribution is 2.37. The minimum atomic E-state index is 0.0139. The molecule has 0 amide bonds. The fourth-order valence-electron chi connectivity index (χ4n) is 4.44. The molecule has 3 heterocycles. The molecule has 3 aromatic rings. The minimum absolute atomic E-state index is 0.0139. The van der Waals surface area contributed by atoms with Gasteiger partial charge in [-0.2, -0.15) is 0 Å². The van der Waals surface area contributed by atoms with Crippen LogP contribution in [0.1, 0.15) is 41.9 Å². The zero-order valence-electron chi connectivity index (χ0n) is 17.7. The Morgan fingerprint density at radius 3 is 2.77 bits per heavy atom. The van der Waals surface area contributed by atoms with Crippen LogP contribution in [0.2, 0.25) is 0 Å². The lowest BCUT2D eigenvalue weighted by atomic mass is 9.86. The molecular weight excluding hydrogens is 392 g/mol. The molecule has 0 radical (unpaired) electrons. The molecule has 8 heteroatoms. The third-order valence-corrected chi connectivity index (χ3v) is 6.20. The molecule has 1 fully saturated rings. The number of morpholine rings is 1. The summed E-state index contributed by atoms with van der Waals surface area (Å²) in [6.07, 6.45) is 3.84. The summed E-state index contributed by atoms with van der Waals surface area (Å²) in [5, 5.41) is 12.1. The second-order valence-electron chi connectivity index (χ2n) is 8.26. The summed E-state index contributed by atoms with van der Waals surface area (Å²) in [5.41, 5.74) is 9.50. The van der Waals surface area contributed by atoms with E-state index in [0.29, 0.717) is 6.54 Å². The Labute approximate surface area is 182 Å². The average Bonchev–Trinajstić information content (AvgIpc) is 3.22. The van der Waals surface area contributed by atoms with Gasteiger partial charge in [0, 0.05) is 32.2 Å². The first-order valence-electron chi connectivity index (χ1n) is 11.1. The van der Waals surface area contributed by atoms with Gasteiger partial charge in [-0.3, -0.25) is 9.30 Å². The van der Waals surface area contributed by atoms with Gasteiger partial charge in [-0.1, -0.05) is 24.3 Å². The van der Waals surface area contributed by atoms with E-state index in [4.69, 9.17) is 15.2 Å². The number of hydrogen-bond acceptors (Lipinski definition) is 7. The fraction of sp³-hybridized carbons (Fsp3) is 0.478. The first kappa shape index (κ1) is 20.4. The molecule has 1 aliphatic carbocycles. The van der Waals surface area contributed by atoms with Gasteiger partial charge in [-0.25, -0.2) is 0 Å². The molecule has 0 bridgehead atoms. The molecule has 1 aliphatic heterocycles. The second-order valence-corrected chi connectivity index (χ2v) is 8.26. The maximum atomic E-state index is 6.40. The highest BCUT2D eigenvalue weighted by molar-refractivity contribution is 5.42. The van der Waals surface area contributed by atoms with Crippen molar-refractivity contribution >= 4 is 5.65 Å². The van der Waals surface area contributed by atoms with Crippen LogP contribution in [0.3, 0.4) is 0 Å². The first-order valence-corrected chi connectivity index (χ1v) is 11.1. The maximum Gasteiger partial charge on any atom is 0.161 e. The topological polar surface area (TPSA) is 89.9 Å². The van der Waals surface area contributed by atoms with Gasteiger partial charge in [0.25, 0.3) is 0 Å². The smallest absolute Gasteiger partial charge is 0.161 e. The van der Waals surface area contributed by atoms with Crippen LogP contribution >= 0.6 is 0 Å². The van der Waals surface area contributed by atoms with Crippen molar-refractivity contribution in [2.45, 2.75) is 31.5 Å². The molecule has 2 atom stereocenters. The summed E-state index contributed by atoms with van der Waals surface area (Å²) in [5.74, 6) is 1.70. The predicted molar refractivity (Wildman–Crippen MR) is 118 cm³/mol. The van der Waals surface area contributed by atoms with Crippen molar-refractivity contribution in [3.05, 3.63) is 59.5 Å². The number of hydrogen-bond donors (Lipinski definition) is 2. The van der Waals surface area contributed by atoms with Crippen LogP contribution in [0.25, 0.3) is 5.65 Å². The molecule has 3 N–H and O–H groups in total. The SMILES string of the molecule is N[C@H]1CC[C@@H](Oc2ccc3nnc(CNCCN4CCOCC4)n3c2)c2ccccc21. The number of rotatable bonds is 7. The lowest BCUT2D eigenvalue weighted by molar-refractivity contribution is 0.0384. The van der Waals surface area contributed by atoms with E-state index in [2.05, 4.69) is 38.6 Å². The van der Waals surface area contributed by atoms with Crippen LogP contribution in [-0.4, -0.2) is 58.9 Å². The molecular formula is C23H30N6O2. The van der Waals surface area contributed by atoms with Gasteiger partial charge in [-0.15, -0.1) is 10.2 Å². The van der Waals surface area contributed by atoms with Crippen molar-refractivity contribution in [1.82, 2.24) is 24.8 Å². The van der Waals surface area contributed by atoms with Gasteiger partial charge < -0.3 is 20.5 Å². The predicted octanol–water partition coefficient (Wildman–Crippen LogP) is 2.06. The van der Waals surface area contributed by atoms with Crippen LogP contribution in [0.4, 0.5) is 0 Å². The van der Waals surface area contributed by atoms with E-state index in [-0.39, 0.29) is 12.1 Å². The highest BCUT2D eigenvalue weighted by atomic mass is 16.5. The quantitative estimate of drug-likeness (QED) is 0.563. The van der Waals surface area contributed by atoms with Crippen molar-refractivity contribution in [2.24, 2.45) is 5.73 Å². The molecule has 1 aromatic carbocycles. The lowest BCUT2D eigenvalue weighted by Crippen LogP contribution is -2.40. The molecule has 2 aliphatic rings. The summed E-state index contributed by atoms with van der Waals surface area (Å²) in [7, 11) is 0. The summed E-state index contributed by atoms with van der Waals surface area (Å²) < 4.78 is 13.8. The van der Waals surface area contributed by atoms with Crippen LogP contribution in [0.5, 0.6) is 5.75 Å². The third kappa shape index (κ3) is 4.57. The van der Waals surface area contributed by atoms with Gasteiger partial charge in [0.1, 0.15) is 11.9 Å². The van der Waals surface area contributed by atoms with E-state index in [1.165, 1.54) is 11.1 Å². The number of fused-ring (bicyclic) bond motifs is 2. The molecule has 8 nitrogen and oxygen atoms in total. The summed E-state index contributed by atoms with van der Waals surface area (Å²) in [4.78, 5) is 2.41. The minimum Gasteiger partial charge on any atom is -0.484 e. The third-order valence-electron chi connectivity index (χ3n) is 6.20. The van der Waals surface area contributed by atoms with Crippen molar-refractivity contribution in [2.75, 3.05) is 39.4 Å². The van der Waals surface area contributed by atoms with Crippen LogP contribution in [0, 0.1) is 0 Å². The van der Waals surface area contributed by atoms with E-state index in [1.54, 1.807) is 0 Å². The maximum absolute atomic E-state index is 6.40. The Balaban J connectivity index is 1.24. The summed E-state index contributed by atoms with van der Waals surface area (Å²) >= 11 is 0. The Morgan fingerprint density at radius 1 is 1.06 bits per heavy atom. The Hall–Kier alpha value is -2.52. The Bertz CT molecular complexity index is 1020. The van der Waals surface area contributed by atoms with Gasteiger partial charge in [-0.05, 0) is 36.1 Å². The van der Waals surface area contributed by atoms with E-state index in [9.17, 15) is 0 Å². The summed E-state index contributed by atoms with van der Waals surface area (Å²) in [6.45, 7) is 6.25. The Kier molecular flexibility index (Phi) is 6.13. The van der Waals surface area contributed by atoms with Gasteiger partial charge in [0.2, 0.25) is 0 Å². The van der Waals surface area contributed by atoms with Gasteiger partial charge in [0.15, 0.2) is 11.5 Å². The van der Waals surface area contributed by atoms with E-state index in [0.717, 1.165) is 69.5 Å². The molecule has 1 saturated heterocycles. The molecule has 0 spiro atoms. The lowest BCUT2D eigenvalue weighted by Gasteiger charge is -2.30. The number of benzene rings is 1. The zero-order chi connectivity index (χ0) is 21.0. The number of aromatic nitrogens is 3. The number of ether oxygens (including phenoxy) is 2. The second kappa shape index (κ2) is 9.32. The van der Waals surface area contributed by atoms with Crippen LogP contribution in [0.15, 0.2) is 42.6 Å². The normalized spacial score (nSPS) is 21.8.